The van der Waals surface area contributed by atoms with Crippen LogP contribution in [-0.4, -0.2) is 23.6 Å². The minimum atomic E-state index is 0.512. The molecular formula is C18H24N6OS. The van der Waals surface area contributed by atoms with Gasteiger partial charge in [-0.05, 0) is 43.4 Å². The van der Waals surface area contributed by atoms with Crippen molar-refractivity contribution in [2.75, 3.05) is 18.7 Å². The number of hydrogen-bond donors (Lipinski definition) is 3. The van der Waals surface area contributed by atoms with Crippen molar-refractivity contribution in [1.82, 2.24) is 15.4 Å². The number of ether oxygens (including phenoxy) is 1. The second-order valence-corrected chi connectivity index (χ2v) is 7.01. The Bertz CT molecular complexity index is 857. The van der Waals surface area contributed by atoms with Crippen LogP contribution >= 0.6 is 11.3 Å². The van der Waals surface area contributed by atoms with E-state index in [0.29, 0.717) is 23.8 Å². The van der Waals surface area contributed by atoms with Gasteiger partial charge in [-0.15, -0.1) is 11.3 Å². The van der Waals surface area contributed by atoms with Gasteiger partial charge in [-0.25, -0.2) is 15.8 Å². The molecule has 2 aromatic heterocycles. The Morgan fingerprint density at radius 1 is 1.42 bits per heavy atom. The monoisotopic (exact) mass is 372 g/mol. The first-order valence-corrected chi connectivity index (χ1v) is 9.33. The lowest BCUT2D eigenvalue weighted by Gasteiger charge is -2.22. The van der Waals surface area contributed by atoms with Crippen LogP contribution in [0.2, 0.25) is 0 Å². The number of hydrazine groups is 2. The summed E-state index contributed by atoms with van der Waals surface area (Å²) in [7, 11) is 1.59. The molecule has 0 saturated carbocycles. The van der Waals surface area contributed by atoms with Crippen molar-refractivity contribution in [3.8, 4) is 0 Å². The lowest BCUT2D eigenvalue weighted by atomic mass is 9.97. The number of anilines is 1. The summed E-state index contributed by atoms with van der Waals surface area (Å²) in [6.45, 7) is 4.40. The van der Waals surface area contributed by atoms with E-state index in [9.17, 15) is 0 Å². The van der Waals surface area contributed by atoms with Crippen LogP contribution in [0.5, 0.6) is 0 Å². The smallest absolute Gasteiger partial charge is 0.159 e. The Morgan fingerprint density at radius 3 is 2.96 bits per heavy atom. The van der Waals surface area contributed by atoms with Crippen molar-refractivity contribution in [3.05, 3.63) is 53.0 Å². The first kappa shape index (κ1) is 18.5. The molecule has 1 aliphatic carbocycles. The van der Waals surface area contributed by atoms with Gasteiger partial charge < -0.3 is 4.74 Å². The zero-order valence-corrected chi connectivity index (χ0v) is 15.7. The normalized spacial score (nSPS) is 15.0. The molecular weight excluding hydrogens is 348 g/mol. The second kappa shape index (κ2) is 8.41. The number of allylic oxidation sites excluding steroid dienone is 2. The maximum Gasteiger partial charge on any atom is 0.159 e. The first-order valence-electron chi connectivity index (χ1n) is 8.52. The zero-order chi connectivity index (χ0) is 18.5. The average molecular weight is 372 g/mol. The molecule has 0 spiro atoms. The topological polar surface area (TPSA) is 102 Å². The van der Waals surface area contributed by atoms with Crippen molar-refractivity contribution in [2.45, 2.75) is 25.7 Å². The number of nitrogens with one attached hydrogen (secondary N) is 1. The predicted octanol–water partition coefficient (Wildman–Crippen LogP) is 2.31. The number of thiophene rings is 1. The summed E-state index contributed by atoms with van der Waals surface area (Å²) in [6.07, 6.45) is 11.4. The van der Waals surface area contributed by atoms with Crippen molar-refractivity contribution in [3.63, 3.8) is 0 Å². The number of fused-ring (bicyclic) bond motifs is 3. The molecule has 0 bridgehead atoms. The summed E-state index contributed by atoms with van der Waals surface area (Å²) in [4.78, 5) is 11.3. The van der Waals surface area contributed by atoms with Gasteiger partial charge >= 0.3 is 0 Å². The van der Waals surface area contributed by atoms with Gasteiger partial charge in [0.15, 0.2) is 5.82 Å². The minimum Gasteiger partial charge on any atom is -0.495 e. The van der Waals surface area contributed by atoms with Crippen molar-refractivity contribution in [2.24, 2.45) is 11.7 Å². The predicted molar refractivity (Wildman–Crippen MR) is 106 cm³/mol. The van der Waals surface area contributed by atoms with Crippen LogP contribution in [0.3, 0.4) is 0 Å². The number of hydrogen-bond acceptors (Lipinski definition) is 8. The third kappa shape index (κ3) is 3.49. The Balaban J connectivity index is 2.09. The molecule has 0 saturated heterocycles. The highest BCUT2D eigenvalue weighted by atomic mass is 32.1. The molecule has 26 heavy (non-hydrogen) atoms. The van der Waals surface area contributed by atoms with Gasteiger partial charge in [-0.3, -0.25) is 16.3 Å². The van der Waals surface area contributed by atoms with Gasteiger partial charge in [0.05, 0.1) is 12.5 Å². The largest absolute Gasteiger partial charge is 0.495 e. The Morgan fingerprint density at radius 2 is 2.23 bits per heavy atom. The van der Waals surface area contributed by atoms with Crippen LogP contribution < -0.4 is 22.1 Å². The number of aryl methyl sites for hydroxylation is 2. The third-order valence-corrected chi connectivity index (χ3v) is 5.59. The Hall–Kier alpha value is -2.26. The fourth-order valence-electron chi connectivity index (χ4n) is 3.18. The molecule has 0 amide bonds. The van der Waals surface area contributed by atoms with Gasteiger partial charge in [0.25, 0.3) is 0 Å². The Labute approximate surface area is 157 Å². The number of methoxy groups -OCH3 is 1. The minimum absolute atomic E-state index is 0.512. The van der Waals surface area contributed by atoms with Gasteiger partial charge in [0.1, 0.15) is 22.6 Å². The van der Waals surface area contributed by atoms with E-state index in [1.165, 1.54) is 28.3 Å². The van der Waals surface area contributed by atoms with Gasteiger partial charge in [0, 0.05) is 11.4 Å². The molecule has 2 heterocycles. The van der Waals surface area contributed by atoms with E-state index in [4.69, 9.17) is 16.4 Å². The average Bonchev–Trinajstić information content (AvgIpc) is 3.06. The summed E-state index contributed by atoms with van der Waals surface area (Å²) in [5, 5.41) is 2.56. The van der Waals surface area contributed by atoms with Crippen molar-refractivity contribution in [1.29, 1.82) is 0 Å². The molecule has 7 nitrogen and oxygen atoms in total. The van der Waals surface area contributed by atoms with E-state index < -0.39 is 0 Å². The lowest BCUT2D eigenvalue weighted by molar-refractivity contribution is 0.302. The molecule has 0 atom stereocenters. The summed E-state index contributed by atoms with van der Waals surface area (Å²) in [5.41, 5.74) is 4.51. The summed E-state index contributed by atoms with van der Waals surface area (Å²) in [6, 6.07) is 0. The van der Waals surface area contributed by atoms with Gasteiger partial charge in [0.2, 0.25) is 0 Å². The molecule has 0 unspecified atom stereocenters. The highest BCUT2D eigenvalue weighted by Gasteiger charge is 2.23. The summed E-state index contributed by atoms with van der Waals surface area (Å²) in [5.74, 6) is 13.0. The van der Waals surface area contributed by atoms with E-state index in [0.717, 1.165) is 23.1 Å². The molecule has 3 rings (SSSR count). The molecule has 0 aromatic carbocycles. The van der Waals surface area contributed by atoms with Crippen molar-refractivity contribution >= 4 is 27.4 Å². The second-order valence-electron chi connectivity index (χ2n) is 5.93. The fraction of sp³-hybridized carbons (Fsp3) is 0.333. The van der Waals surface area contributed by atoms with Crippen LogP contribution in [-0.2, 0) is 17.6 Å². The molecule has 0 aliphatic heterocycles. The first-order chi connectivity index (χ1) is 12.7. The third-order valence-electron chi connectivity index (χ3n) is 4.39. The number of rotatable bonds is 7. The maximum atomic E-state index is 6.45. The molecule has 0 fully saturated rings. The molecule has 2 aromatic rings. The van der Waals surface area contributed by atoms with E-state index in [2.05, 4.69) is 22.0 Å². The molecule has 1 aliphatic rings. The number of aromatic nitrogens is 2. The highest BCUT2D eigenvalue weighted by molar-refractivity contribution is 7.19. The SMILES string of the molecule is C=C/C(=C(\C=C\CNN)OC)N(N)c1ncnc2sc3c(c12)CCCC3. The fourth-order valence-corrected chi connectivity index (χ4v) is 4.40. The molecule has 138 valence electrons. The maximum absolute atomic E-state index is 6.45. The van der Waals surface area contributed by atoms with E-state index in [-0.39, 0.29) is 0 Å². The van der Waals surface area contributed by atoms with Crippen molar-refractivity contribution < 1.29 is 4.74 Å². The Kier molecular flexibility index (Phi) is 6.00. The van der Waals surface area contributed by atoms with E-state index in [1.54, 1.807) is 36.9 Å². The molecule has 0 radical (unpaired) electrons. The lowest BCUT2D eigenvalue weighted by Crippen LogP contribution is -2.31. The quantitative estimate of drug-likeness (QED) is 0.297. The summed E-state index contributed by atoms with van der Waals surface area (Å²) >= 11 is 1.74. The van der Waals surface area contributed by atoms with Crippen LogP contribution in [0.15, 0.2) is 42.6 Å². The zero-order valence-electron chi connectivity index (χ0n) is 14.9. The van der Waals surface area contributed by atoms with Crippen LogP contribution in [0.4, 0.5) is 5.82 Å². The van der Waals surface area contributed by atoms with Crippen LogP contribution in [0.25, 0.3) is 10.2 Å². The number of nitrogens with zero attached hydrogens (tertiary/aromatic N) is 3. The van der Waals surface area contributed by atoms with E-state index in [1.807, 2.05) is 6.08 Å². The molecule has 8 heteroatoms. The highest BCUT2D eigenvalue weighted by Crippen LogP contribution is 2.39. The standard InChI is InChI=1S/C18H24N6OS/c1-3-13(14(25-2)8-6-10-23-19)24(20)17-16-12-7-4-5-9-15(12)26-18(16)22-11-21-17/h3,6,8,11,23H,1,4-5,7,9-10,19-20H2,2H3/b8-6+,14-13-. The van der Waals surface area contributed by atoms with Crippen LogP contribution in [0, 0.1) is 0 Å². The van der Waals surface area contributed by atoms with E-state index >= 15 is 0 Å². The van der Waals surface area contributed by atoms with Crippen LogP contribution in [0.1, 0.15) is 23.3 Å². The number of nitrogens with two attached hydrogens (primary N) is 2. The van der Waals surface area contributed by atoms with Gasteiger partial charge in [-0.1, -0.05) is 12.7 Å². The van der Waals surface area contributed by atoms with Gasteiger partial charge in [-0.2, -0.15) is 0 Å². The summed E-state index contributed by atoms with van der Waals surface area (Å²) < 4.78 is 5.49. The molecule has 5 N–H and O–H groups in total.